The minimum Gasteiger partial charge on any atom is -0.492 e. The molecule has 0 aliphatic carbocycles. The van der Waals surface area contributed by atoms with Gasteiger partial charge in [0.25, 0.3) is 5.91 Å². The lowest BCUT2D eigenvalue weighted by molar-refractivity contribution is -0.116. The maximum atomic E-state index is 12.6. The highest BCUT2D eigenvalue weighted by Crippen LogP contribution is 2.38. The first-order chi connectivity index (χ1) is 13.3. The maximum absolute atomic E-state index is 12.6. The van der Waals surface area contributed by atoms with Crippen LogP contribution in [0.2, 0.25) is 0 Å². The van der Waals surface area contributed by atoms with Gasteiger partial charge in [0, 0.05) is 17.0 Å². The third-order valence-corrected chi connectivity index (χ3v) is 4.79. The van der Waals surface area contributed by atoms with Crippen LogP contribution >= 0.6 is 11.8 Å². The summed E-state index contributed by atoms with van der Waals surface area (Å²) >= 11 is -0.317. The zero-order valence-corrected chi connectivity index (χ0v) is 15.5. The minimum atomic E-state index is -4.47. The summed E-state index contributed by atoms with van der Waals surface area (Å²) < 4.78 is 43.4. The number of anilines is 1. The molecular formula is C19H17F3N2O3S. The molecule has 1 aliphatic heterocycles. The molecule has 0 unspecified atom stereocenters. The number of fused-ring (bicyclic) bond motifs is 1. The standard InChI is InChI=1S/C19H17F3N2O3S/c20-19(21,22)28-16-4-2-1-3-14(16)18(26)23-9-10-27-13-6-7-15-12(11-13)5-8-17(25)24-15/h1-4,6-7,11H,5,8-10H2,(H,23,26)(H,24,25). The summed E-state index contributed by atoms with van der Waals surface area (Å²) in [6.07, 6.45) is 1.05. The van der Waals surface area contributed by atoms with E-state index in [-0.39, 0.29) is 41.3 Å². The highest BCUT2D eigenvalue weighted by atomic mass is 32.2. The van der Waals surface area contributed by atoms with Crippen molar-refractivity contribution in [1.82, 2.24) is 5.32 Å². The van der Waals surface area contributed by atoms with Gasteiger partial charge in [-0.1, -0.05) is 12.1 Å². The summed E-state index contributed by atoms with van der Waals surface area (Å²) in [5.74, 6) is -0.0193. The van der Waals surface area contributed by atoms with Crippen molar-refractivity contribution >= 4 is 29.3 Å². The van der Waals surface area contributed by atoms with Gasteiger partial charge in [0.1, 0.15) is 12.4 Å². The van der Waals surface area contributed by atoms with Gasteiger partial charge in [-0.05, 0) is 54.1 Å². The Morgan fingerprint density at radius 1 is 1.18 bits per heavy atom. The van der Waals surface area contributed by atoms with Crippen molar-refractivity contribution in [2.45, 2.75) is 23.2 Å². The number of carbonyl (C=O) groups is 2. The van der Waals surface area contributed by atoms with Gasteiger partial charge in [0.2, 0.25) is 5.91 Å². The van der Waals surface area contributed by atoms with Crippen LogP contribution in [-0.4, -0.2) is 30.5 Å². The average Bonchev–Trinajstić information content (AvgIpc) is 2.64. The summed E-state index contributed by atoms with van der Waals surface area (Å²) in [5, 5.41) is 5.34. The van der Waals surface area contributed by atoms with Crippen LogP contribution in [-0.2, 0) is 11.2 Å². The van der Waals surface area contributed by atoms with Gasteiger partial charge in [0.05, 0.1) is 12.1 Å². The van der Waals surface area contributed by atoms with Gasteiger partial charge in [-0.3, -0.25) is 9.59 Å². The average molecular weight is 410 g/mol. The third-order valence-electron chi connectivity index (χ3n) is 3.99. The first kappa shape index (κ1) is 20.1. The number of amides is 2. The Morgan fingerprint density at radius 3 is 2.75 bits per heavy atom. The molecule has 2 amide bonds. The van der Waals surface area contributed by atoms with Gasteiger partial charge in [0.15, 0.2) is 0 Å². The van der Waals surface area contributed by atoms with Crippen LogP contribution in [0.1, 0.15) is 22.3 Å². The summed E-state index contributed by atoms with van der Waals surface area (Å²) in [6, 6.07) is 10.9. The lowest BCUT2D eigenvalue weighted by atomic mass is 10.0. The lowest BCUT2D eigenvalue weighted by Gasteiger charge is -2.17. The fourth-order valence-electron chi connectivity index (χ4n) is 2.75. The van der Waals surface area contributed by atoms with Crippen LogP contribution in [0.3, 0.4) is 0 Å². The summed E-state index contributed by atoms with van der Waals surface area (Å²) in [6.45, 7) is 0.295. The number of hydrogen-bond donors (Lipinski definition) is 2. The molecule has 1 heterocycles. The molecule has 0 saturated heterocycles. The zero-order chi connectivity index (χ0) is 20.1. The predicted octanol–water partition coefficient (Wildman–Crippen LogP) is 3.99. The molecule has 0 radical (unpaired) electrons. The summed E-state index contributed by atoms with van der Waals surface area (Å²) in [5.41, 5.74) is -2.77. The number of carbonyl (C=O) groups excluding carboxylic acids is 2. The molecule has 5 nitrogen and oxygen atoms in total. The predicted molar refractivity (Wildman–Crippen MR) is 99.6 cm³/mol. The first-order valence-electron chi connectivity index (χ1n) is 8.50. The monoisotopic (exact) mass is 410 g/mol. The molecule has 0 saturated carbocycles. The number of nitrogens with one attached hydrogen (secondary N) is 2. The van der Waals surface area contributed by atoms with E-state index in [9.17, 15) is 22.8 Å². The highest BCUT2D eigenvalue weighted by molar-refractivity contribution is 8.00. The fourth-order valence-corrected chi connectivity index (χ4v) is 3.41. The van der Waals surface area contributed by atoms with E-state index in [0.717, 1.165) is 11.3 Å². The highest BCUT2D eigenvalue weighted by Gasteiger charge is 2.31. The Balaban J connectivity index is 1.52. The molecule has 0 fully saturated rings. The van der Waals surface area contributed by atoms with Gasteiger partial charge < -0.3 is 15.4 Å². The molecule has 0 bridgehead atoms. The van der Waals surface area contributed by atoms with E-state index >= 15 is 0 Å². The molecular weight excluding hydrogens is 393 g/mol. The molecule has 9 heteroatoms. The maximum Gasteiger partial charge on any atom is 0.446 e. The van der Waals surface area contributed by atoms with E-state index in [4.69, 9.17) is 4.74 Å². The number of benzene rings is 2. The van der Waals surface area contributed by atoms with Crippen molar-refractivity contribution in [2.75, 3.05) is 18.5 Å². The molecule has 2 aromatic rings. The van der Waals surface area contributed by atoms with E-state index in [1.807, 2.05) is 6.07 Å². The number of aryl methyl sites for hydroxylation is 1. The molecule has 1 aliphatic rings. The van der Waals surface area contributed by atoms with Crippen molar-refractivity contribution in [3.8, 4) is 5.75 Å². The Kier molecular flexibility index (Phi) is 6.13. The number of halogens is 3. The van der Waals surface area contributed by atoms with Crippen molar-refractivity contribution in [3.05, 3.63) is 53.6 Å². The second-order valence-electron chi connectivity index (χ2n) is 6.02. The first-order valence-corrected chi connectivity index (χ1v) is 9.32. The van der Waals surface area contributed by atoms with Crippen LogP contribution in [0.5, 0.6) is 5.75 Å². The van der Waals surface area contributed by atoms with Crippen LogP contribution in [0.25, 0.3) is 0 Å². The zero-order valence-electron chi connectivity index (χ0n) is 14.6. The number of rotatable bonds is 6. The van der Waals surface area contributed by atoms with E-state index in [0.29, 0.717) is 18.6 Å². The quantitative estimate of drug-likeness (QED) is 0.558. The van der Waals surface area contributed by atoms with Crippen molar-refractivity contribution in [1.29, 1.82) is 0 Å². The largest absolute Gasteiger partial charge is 0.492 e. The van der Waals surface area contributed by atoms with Gasteiger partial charge in [-0.15, -0.1) is 0 Å². The molecule has 3 rings (SSSR count). The number of alkyl halides is 3. The summed E-state index contributed by atoms with van der Waals surface area (Å²) in [7, 11) is 0. The van der Waals surface area contributed by atoms with Crippen molar-refractivity contribution in [2.24, 2.45) is 0 Å². The molecule has 28 heavy (non-hydrogen) atoms. The third kappa shape index (κ3) is 5.41. The molecule has 2 N–H and O–H groups in total. The van der Waals surface area contributed by atoms with Gasteiger partial charge in [-0.2, -0.15) is 13.2 Å². The Morgan fingerprint density at radius 2 is 1.96 bits per heavy atom. The van der Waals surface area contributed by atoms with Crippen LogP contribution in [0.15, 0.2) is 47.4 Å². The summed E-state index contributed by atoms with van der Waals surface area (Å²) in [4.78, 5) is 23.4. The van der Waals surface area contributed by atoms with Gasteiger partial charge >= 0.3 is 5.51 Å². The molecule has 2 aromatic carbocycles. The van der Waals surface area contributed by atoms with Crippen LogP contribution in [0, 0.1) is 0 Å². The van der Waals surface area contributed by atoms with Crippen LogP contribution in [0.4, 0.5) is 18.9 Å². The van der Waals surface area contributed by atoms with Crippen molar-refractivity contribution < 1.29 is 27.5 Å². The molecule has 0 aromatic heterocycles. The fraction of sp³-hybridized carbons (Fsp3) is 0.263. The Labute approximate surface area is 163 Å². The van der Waals surface area contributed by atoms with E-state index in [2.05, 4.69) is 10.6 Å². The van der Waals surface area contributed by atoms with E-state index < -0.39 is 11.4 Å². The number of hydrogen-bond acceptors (Lipinski definition) is 4. The number of thioether (sulfide) groups is 1. The molecule has 148 valence electrons. The van der Waals surface area contributed by atoms with E-state index in [1.54, 1.807) is 12.1 Å². The Bertz CT molecular complexity index is 887. The smallest absolute Gasteiger partial charge is 0.446 e. The molecule has 0 atom stereocenters. The topological polar surface area (TPSA) is 67.4 Å². The molecule has 0 spiro atoms. The van der Waals surface area contributed by atoms with Crippen molar-refractivity contribution in [3.63, 3.8) is 0 Å². The second kappa shape index (κ2) is 8.55. The minimum absolute atomic E-state index is 0.0205. The SMILES string of the molecule is O=C1CCc2cc(OCCNC(=O)c3ccccc3SC(F)(F)F)ccc2N1. The lowest BCUT2D eigenvalue weighted by Crippen LogP contribution is -2.28. The van der Waals surface area contributed by atoms with E-state index in [1.165, 1.54) is 24.3 Å². The second-order valence-corrected chi connectivity index (χ2v) is 7.12. The number of ether oxygens (including phenoxy) is 1. The Hall–Kier alpha value is -2.68. The van der Waals surface area contributed by atoms with Gasteiger partial charge in [-0.25, -0.2) is 0 Å². The van der Waals surface area contributed by atoms with Crippen LogP contribution < -0.4 is 15.4 Å². The normalized spacial score (nSPS) is 13.5.